The number of nitrogens with zero attached hydrogens (tertiary/aromatic N) is 2. The standard InChI is InChI=1S/C10H15N3O/c1-5-7(2)13-9-8(3)10(14-4)12-6-11-9/h5-7H,1H2,2-4H3,(H,11,12,13). The molecule has 0 saturated heterocycles. The molecule has 0 aromatic carbocycles. The van der Waals surface area contributed by atoms with Crippen LogP contribution in [0.4, 0.5) is 5.82 Å². The molecular weight excluding hydrogens is 178 g/mol. The lowest BCUT2D eigenvalue weighted by Gasteiger charge is -2.13. The molecule has 0 spiro atoms. The van der Waals surface area contributed by atoms with Crippen molar-refractivity contribution >= 4 is 5.82 Å². The maximum Gasteiger partial charge on any atom is 0.221 e. The molecule has 76 valence electrons. The van der Waals surface area contributed by atoms with Gasteiger partial charge in [0.25, 0.3) is 0 Å². The number of hydrogen-bond donors (Lipinski definition) is 1. The molecular formula is C10H15N3O. The van der Waals surface area contributed by atoms with Gasteiger partial charge in [-0.05, 0) is 13.8 Å². The van der Waals surface area contributed by atoms with Gasteiger partial charge in [-0.2, -0.15) is 0 Å². The molecule has 1 aromatic heterocycles. The Balaban J connectivity index is 2.91. The summed E-state index contributed by atoms with van der Waals surface area (Å²) in [5, 5.41) is 3.19. The van der Waals surface area contributed by atoms with Gasteiger partial charge in [0.05, 0.1) is 12.7 Å². The molecule has 1 unspecified atom stereocenters. The van der Waals surface area contributed by atoms with E-state index in [9.17, 15) is 0 Å². The maximum atomic E-state index is 5.08. The van der Waals surface area contributed by atoms with Crippen molar-refractivity contribution in [3.05, 3.63) is 24.5 Å². The van der Waals surface area contributed by atoms with Crippen LogP contribution in [-0.2, 0) is 0 Å². The summed E-state index contributed by atoms with van der Waals surface area (Å²) in [5.41, 5.74) is 0.906. The second-order valence-electron chi connectivity index (χ2n) is 3.03. The van der Waals surface area contributed by atoms with Gasteiger partial charge in [-0.25, -0.2) is 9.97 Å². The van der Waals surface area contributed by atoms with Gasteiger partial charge in [0.1, 0.15) is 12.1 Å². The van der Waals surface area contributed by atoms with Crippen LogP contribution in [0.1, 0.15) is 12.5 Å². The van der Waals surface area contributed by atoms with Crippen LogP contribution in [0.25, 0.3) is 0 Å². The molecule has 0 radical (unpaired) electrons. The average molecular weight is 193 g/mol. The molecule has 1 N–H and O–H groups in total. The predicted molar refractivity (Wildman–Crippen MR) is 56.6 cm³/mol. The van der Waals surface area contributed by atoms with Crippen molar-refractivity contribution in [2.24, 2.45) is 0 Å². The van der Waals surface area contributed by atoms with Crippen molar-refractivity contribution < 1.29 is 4.74 Å². The number of anilines is 1. The maximum absolute atomic E-state index is 5.08. The van der Waals surface area contributed by atoms with Gasteiger partial charge in [-0.15, -0.1) is 6.58 Å². The minimum atomic E-state index is 0.174. The fraction of sp³-hybridized carbons (Fsp3) is 0.400. The number of ether oxygens (including phenoxy) is 1. The van der Waals surface area contributed by atoms with Gasteiger partial charge in [0.2, 0.25) is 5.88 Å². The molecule has 1 rings (SSSR count). The molecule has 0 bridgehead atoms. The Kier molecular flexibility index (Phi) is 3.45. The molecule has 0 saturated carbocycles. The van der Waals surface area contributed by atoms with E-state index in [2.05, 4.69) is 21.9 Å². The topological polar surface area (TPSA) is 47.0 Å². The molecule has 0 amide bonds. The van der Waals surface area contributed by atoms with Crippen molar-refractivity contribution in [1.29, 1.82) is 0 Å². The van der Waals surface area contributed by atoms with Gasteiger partial charge in [-0.3, -0.25) is 0 Å². The Bertz CT molecular complexity index is 325. The van der Waals surface area contributed by atoms with E-state index >= 15 is 0 Å². The highest BCUT2D eigenvalue weighted by Crippen LogP contribution is 2.20. The number of hydrogen-bond acceptors (Lipinski definition) is 4. The molecule has 1 heterocycles. The van der Waals surface area contributed by atoms with E-state index in [0.717, 1.165) is 11.4 Å². The van der Waals surface area contributed by atoms with Gasteiger partial charge >= 0.3 is 0 Å². The molecule has 0 aliphatic heterocycles. The van der Waals surface area contributed by atoms with Gasteiger partial charge in [0.15, 0.2) is 0 Å². The van der Waals surface area contributed by atoms with Crippen LogP contribution in [-0.4, -0.2) is 23.1 Å². The first kappa shape index (κ1) is 10.5. The normalized spacial score (nSPS) is 11.9. The molecule has 4 heteroatoms. The van der Waals surface area contributed by atoms with Crippen molar-refractivity contribution in [3.63, 3.8) is 0 Å². The summed E-state index contributed by atoms with van der Waals surface area (Å²) >= 11 is 0. The molecule has 0 fully saturated rings. The van der Waals surface area contributed by atoms with Gasteiger partial charge in [0, 0.05) is 6.04 Å². The molecule has 14 heavy (non-hydrogen) atoms. The highest BCUT2D eigenvalue weighted by Gasteiger charge is 2.07. The van der Waals surface area contributed by atoms with E-state index in [1.54, 1.807) is 7.11 Å². The zero-order valence-corrected chi connectivity index (χ0v) is 8.74. The number of nitrogens with one attached hydrogen (secondary N) is 1. The van der Waals surface area contributed by atoms with Crippen LogP contribution in [0, 0.1) is 6.92 Å². The van der Waals surface area contributed by atoms with Crippen molar-refractivity contribution in [2.75, 3.05) is 12.4 Å². The summed E-state index contributed by atoms with van der Waals surface area (Å²) in [4.78, 5) is 8.12. The monoisotopic (exact) mass is 193 g/mol. The predicted octanol–water partition coefficient (Wildman–Crippen LogP) is 1.78. The van der Waals surface area contributed by atoms with Crippen molar-refractivity contribution in [1.82, 2.24) is 9.97 Å². The average Bonchev–Trinajstić information content (AvgIpc) is 2.21. The van der Waals surface area contributed by atoms with E-state index in [-0.39, 0.29) is 6.04 Å². The molecule has 1 atom stereocenters. The summed E-state index contributed by atoms with van der Waals surface area (Å²) in [5.74, 6) is 1.38. The second-order valence-corrected chi connectivity index (χ2v) is 3.03. The summed E-state index contributed by atoms with van der Waals surface area (Å²) in [7, 11) is 1.59. The SMILES string of the molecule is C=CC(C)Nc1ncnc(OC)c1C. The number of aromatic nitrogens is 2. The fourth-order valence-electron chi connectivity index (χ4n) is 1.06. The summed E-state index contributed by atoms with van der Waals surface area (Å²) in [6.45, 7) is 7.61. The van der Waals surface area contributed by atoms with E-state index < -0.39 is 0 Å². The van der Waals surface area contributed by atoms with Crippen molar-refractivity contribution in [3.8, 4) is 5.88 Å². The molecule has 0 aliphatic carbocycles. The Labute approximate surface area is 84.0 Å². The summed E-state index contributed by atoms with van der Waals surface area (Å²) in [6, 6.07) is 0.174. The third-order valence-corrected chi connectivity index (χ3v) is 1.95. The van der Waals surface area contributed by atoms with E-state index in [4.69, 9.17) is 4.74 Å². The van der Waals surface area contributed by atoms with Crippen LogP contribution in [0.2, 0.25) is 0 Å². The smallest absolute Gasteiger partial charge is 0.221 e. The van der Waals surface area contributed by atoms with E-state index in [1.165, 1.54) is 6.33 Å². The van der Waals surface area contributed by atoms with E-state index in [0.29, 0.717) is 5.88 Å². The number of rotatable bonds is 4. The van der Waals surface area contributed by atoms with Crippen LogP contribution < -0.4 is 10.1 Å². The fourth-order valence-corrected chi connectivity index (χ4v) is 1.06. The van der Waals surface area contributed by atoms with Gasteiger partial charge < -0.3 is 10.1 Å². The van der Waals surface area contributed by atoms with Crippen LogP contribution >= 0.6 is 0 Å². The van der Waals surface area contributed by atoms with Crippen molar-refractivity contribution in [2.45, 2.75) is 19.9 Å². The number of methoxy groups -OCH3 is 1. The Morgan fingerprint density at radius 1 is 1.57 bits per heavy atom. The van der Waals surface area contributed by atoms with Crippen LogP contribution in [0.3, 0.4) is 0 Å². The first-order valence-corrected chi connectivity index (χ1v) is 4.43. The second kappa shape index (κ2) is 4.60. The summed E-state index contributed by atoms with van der Waals surface area (Å²) < 4.78 is 5.08. The quantitative estimate of drug-likeness (QED) is 0.740. The molecule has 0 aliphatic rings. The first-order chi connectivity index (χ1) is 6.69. The lowest BCUT2D eigenvalue weighted by molar-refractivity contribution is 0.393. The van der Waals surface area contributed by atoms with Gasteiger partial charge in [-0.1, -0.05) is 6.08 Å². The molecule has 1 aromatic rings. The Hall–Kier alpha value is -1.58. The highest BCUT2D eigenvalue weighted by molar-refractivity contribution is 5.48. The zero-order chi connectivity index (χ0) is 10.6. The largest absolute Gasteiger partial charge is 0.481 e. The lowest BCUT2D eigenvalue weighted by Crippen LogP contribution is -2.14. The summed E-state index contributed by atoms with van der Waals surface area (Å²) in [6.07, 6.45) is 3.29. The zero-order valence-electron chi connectivity index (χ0n) is 8.74. The lowest BCUT2D eigenvalue weighted by atomic mass is 10.3. The third kappa shape index (κ3) is 2.22. The van der Waals surface area contributed by atoms with Crippen LogP contribution in [0.15, 0.2) is 19.0 Å². The minimum absolute atomic E-state index is 0.174. The molecule has 4 nitrogen and oxygen atoms in total. The third-order valence-electron chi connectivity index (χ3n) is 1.95. The minimum Gasteiger partial charge on any atom is -0.481 e. The highest BCUT2D eigenvalue weighted by atomic mass is 16.5. The Morgan fingerprint density at radius 3 is 2.86 bits per heavy atom. The van der Waals surface area contributed by atoms with E-state index in [1.807, 2.05) is 19.9 Å². The first-order valence-electron chi connectivity index (χ1n) is 4.43. The van der Waals surface area contributed by atoms with Crippen LogP contribution in [0.5, 0.6) is 5.88 Å². The Morgan fingerprint density at radius 2 is 2.29 bits per heavy atom.